The predicted molar refractivity (Wildman–Crippen MR) is 78.5 cm³/mol. The van der Waals surface area contributed by atoms with E-state index >= 15 is 0 Å². The van der Waals surface area contributed by atoms with Crippen LogP contribution in [0.4, 0.5) is 0 Å². The lowest BCUT2D eigenvalue weighted by molar-refractivity contribution is -0.107. The van der Waals surface area contributed by atoms with Gasteiger partial charge in [-0.25, -0.2) is 0 Å². The summed E-state index contributed by atoms with van der Waals surface area (Å²) in [6.45, 7) is 10.00. The van der Waals surface area contributed by atoms with Crippen molar-refractivity contribution in [2.24, 2.45) is 5.92 Å². The highest BCUT2D eigenvalue weighted by Gasteiger charge is 2.67. The van der Waals surface area contributed by atoms with Crippen LogP contribution in [0.2, 0.25) is 0 Å². The maximum absolute atomic E-state index is 11.1. The van der Waals surface area contributed by atoms with Crippen molar-refractivity contribution in [3.8, 4) is 0 Å². The molecule has 19 heavy (non-hydrogen) atoms. The van der Waals surface area contributed by atoms with Crippen molar-refractivity contribution >= 4 is 15.9 Å². The lowest BCUT2D eigenvalue weighted by Gasteiger charge is -2.38. The maximum Gasteiger partial charge on any atom is 0.169 e. The molecule has 2 aliphatic rings. The molecular formula is C16H17BrO2. The van der Waals surface area contributed by atoms with Crippen molar-refractivity contribution in [1.29, 1.82) is 0 Å². The molecule has 2 nitrogen and oxygen atoms in total. The van der Waals surface area contributed by atoms with E-state index in [1.54, 1.807) is 0 Å². The Morgan fingerprint density at radius 2 is 1.95 bits per heavy atom. The molecule has 2 fully saturated rings. The first-order valence-electron chi connectivity index (χ1n) is 6.48. The van der Waals surface area contributed by atoms with Crippen LogP contribution in [0.5, 0.6) is 0 Å². The topological polar surface area (TPSA) is 29.5 Å². The van der Waals surface area contributed by atoms with Crippen LogP contribution in [0.15, 0.2) is 53.2 Å². The van der Waals surface area contributed by atoms with E-state index in [9.17, 15) is 5.11 Å². The average molecular weight is 321 g/mol. The van der Waals surface area contributed by atoms with Gasteiger partial charge in [-0.3, -0.25) is 0 Å². The Balaban J connectivity index is 2.21. The van der Waals surface area contributed by atoms with E-state index in [0.717, 1.165) is 16.5 Å². The molecule has 3 rings (SSSR count). The van der Waals surface area contributed by atoms with Crippen LogP contribution < -0.4 is 0 Å². The molecule has 1 saturated carbocycles. The smallest absolute Gasteiger partial charge is 0.169 e. The van der Waals surface area contributed by atoms with E-state index in [1.807, 2.05) is 24.3 Å². The minimum absolute atomic E-state index is 0.217. The number of halogens is 1. The van der Waals surface area contributed by atoms with E-state index < -0.39 is 11.2 Å². The van der Waals surface area contributed by atoms with Crippen molar-refractivity contribution in [2.45, 2.75) is 31.0 Å². The first kappa shape index (κ1) is 12.9. The van der Waals surface area contributed by atoms with Crippen molar-refractivity contribution in [3.05, 3.63) is 58.8 Å². The van der Waals surface area contributed by atoms with Gasteiger partial charge in [0.25, 0.3) is 0 Å². The van der Waals surface area contributed by atoms with Gasteiger partial charge in [-0.2, -0.15) is 0 Å². The molecule has 1 heterocycles. The van der Waals surface area contributed by atoms with Crippen molar-refractivity contribution in [3.63, 3.8) is 0 Å². The number of ether oxygens (including phenoxy) is 1. The van der Waals surface area contributed by atoms with Gasteiger partial charge in [0.2, 0.25) is 0 Å². The zero-order valence-corrected chi connectivity index (χ0v) is 12.5. The normalized spacial score (nSPS) is 37.3. The summed E-state index contributed by atoms with van der Waals surface area (Å²) in [5.74, 6) is 0.728. The first-order valence-corrected chi connectivity index (χ1v) is 7.27. The fraction of sp³-hybridized carbons (Fsp3) is 0.375. The van der Waals surface area contributed by atoms with Gasteiger partial charge >= 0.3 is 0 Å². The zero-order valence-electron chi connectivity index (χ0n) is 10.9. The Bertz CT molecular complexity index is 563. The van der Waals surface area contributed by atoms with E-state index in [1.165, 1.54) is 0 Å². The molecular weight excluding hydrogens is 304 g/mol. The summed E-state index contributed by atoms with van der Waals surface area (Å²) in [6.07, 6.45) is 1.58. The minimum atomic E-state index is -1.03. The molecule has 100 valence electrons. The minimum Gasteiger partial charge on any atom is -0.479 e. The number of hydrogen-bond donors (Lipinski definition) is 1. The molecule has 0 radical (unpaired) electrons. The summed E-state index contributed by atoms with van der Waals surface area (Å²) < 4.78 is 7.08. The molecule has 1 aromatic rings. The zero-order chi connectivity index (χ0) is 13.8. The Morgan fingerprint density at radius 3 is 2.58 bits per heavy atom. The molecule has 3 atom stereocenters. The SMILES string of the molecule is C=C1OC2(c3ccc(Br)cc3)C(C)CCC2(O)C1=C. The van der Waals surface area contributed by atoms with Crippen LogP contribution in [0.3, 0.4) is 0 Å². The monoisotopic (exact) mass is 320 g/mol. The first-order chi connectivity index (χ1) is 8.92. The number of benzene rings is 1. The van der Waals surface area contributed by atoms with Crippen LogP contribution in [0.25, 0.3) is 0 Å². The van der Waals surface area contributed by atoms with E-state index in [4.69, 9.17) is 4.74 Å². The Morgan fingerprint density at radius 1 is 1.32 bits per heavy atom. The number of hydrogen-bond acceptors (Lipinski definition) is 2. The molecule has 3 heteroatoms. The summed E-state index contributed by atoms with van der Waals surface area (Å²) in [6, 6.07) is 7.96. The number of rotatable bonds is 1. The van der Waals surface area contributed by atoms with Crippen LogP contribution in [0, 0.1) is 5.92 Å². The number of fused-ring (bicyclic) bond motifs is 1. The van der Waals surface area contributed by atoms with Gasteiger partial charge < -0.3 is 9.84 Å². The molecule has 1 aliphatic carbocycles. The van der Waals surface area contributed by atoms with Crippen LogP contribution >= 0.6 is 15.9 Å². The van der Waals surface area contributed by atoms with Crippen LogP contribution in [-0.4, -0.2) is 10.7 Å². The number of aliphatic hydroxyl groups is 1. The summed E-state index contributed by atoms with van der Waals surface area (Å²) >= 11 is 3.44. The van der Waals surface area contributed by atoms with Crippen LogP contribution in [-0.2, 0) is 10.3 Å². The molecule has 1 aliphatic heterocycles. The third-order valence-corrected chi connectivity index (χ3v) is 5.17. The van der Waals surface area contributed by atoms with Gasteiger partial charge in [-0.1, -0.05) is 48.1 Å². The Labute approximate surface area is 121 Å². The molecule has 1 N–H and O–H groups in total. The lowest BCUT2D eigenvalue weighted by atomic mass is 9.74. The highest BCUT2D eigenvalue weighted by atomic mass is 79.9. The summed E-state index contributed by atoms with van der Waals surface area (Å²) in [5, 5.41) is 11.1. The molecule has 1 saturated heterocycles. The standard InChI is InChI=1S/C16H17BrO2/c1-10-8-9-15(18)11(2)12(3)19-16(10,15)13-4-6-14(17)7-5-13/h4-7,10,18H,2-3,8-9H2,1H3. The molecule has 3 unspecified atom stereocenters. The highest BCUT2D eigenvalue weighted by Crippen LogP contribution is 2.62. The summed E-state index contributed by atoms with van der Waals surface area (Å²) in [5.41, 5.74) is -0.151. The lowest BCUT2D eigenvalue weighted by Crippen LogP contribution is -2.47. The predicted octanol–water partition coefficient (Wildman–Crippen LogP) is 3.91. The summed E-state index contributed by atoms with van der Waals surface area (Å²) in [7, 11) is 0. The second-order valence-corrected chi connectivity index (χ2v) is 6.46. The largest absolute Gasteiger partial charge is 0.479 e. The van der Waals surface area contributed by atoms with Crippen molar-refractivity contribution < 1.29 is 9.84 Å². The fourth-order valence-corrected chi connectivity index (χ4v) is 3.81. The van der Waals surface area contributed by atoms with Gasteiger partial charge in [0, 0.05) is 16.0 Å². The Hall–Kier alpha value is -1.06. The molecule has 0 amide bonds. The molecule has 0 bridgehead atoms. The Kier molecular flexibility index (Phi) is 2.70. The molecule has 0 aromatic heterocycles. The summed E-state index contributed by atoms with van der Waals surface area (Å²) in [4.78, 5) is 0. The van der Waals surface area contributed by atoms with Gasteiger partial charge in [0.05, 0.1) is 0 Å². The van der Waals surface area contributed by atoms with Gasteiger partial charge in [-0.05, 0) is 30.5 Å². The molecule has 0 spiro atoms. The highest BCUT2D eigenvalue weighted by molar-refractivity contribution is 9.10. The van der Waals surface area contributed by atoms with Gasteiger partial charge in [0.1, 0.15) is 11.4 Å². The third-order valence-electron chi connectivity index (χ3n) is 4.64. The van der Waals surface area contributed by atoms with Crippen LogP contribution in [0.1, 0.15) is 25.3 Å². The quantitative estimate of drug-likeness (QED) is 0.850. The van der Waals surface area contributed by atoms with Crippen molar-refractivity contribution in [2.75, 3.05) is 0 Å². The second-order valence-electron chi connectivity index (χ2n) is 5.55. The van der Waals surface area contributed by atoms with E-state index in [-0.39, 0.29) is 5.92 Å². The van der Waals surface area contributed by atoms with E-state index in [2.05, 4.69) is 36.0 Å². The molecule has 1 aromatic carbocycles. The van der Waals surface area contributed by atoms with E-state index in [0.29, 0.717) is 17.8 Å². The second kappa shape index (κ2) is 3.97. The third kappa shape index (κ3) is 1.46. The van der Waals surface area contributed by atoms with Gasteiger partial charge in [0.15, 0.2) is 5.60 Å². The van der Waals surface area contributed by atoms with Gasteiger partial charge in [-0.15, -0.1) is 0 Å². The fourth-order valence-electron chi connectivity index (χ4n) is 3.55. The average Bonchev–Trinajstić information content (AvgIpc) is 2.75. The maximum atomic E-state index is 11.1. The van der Waals surface area contributed by atoms with Crippen molar-refractivity contribution in [1.82, 2.24) is 0 Å².